The number of carbonyl (C=O) groups excluding carboxylic acids is 3. The number of halogens is 1. The first-order valence-electron chi connectivity index (χ1n) is 7.06. The van der Waals surface area contributed by atoms with Gasteiger partial charge in [-0.3, -0.25) is 14.4 Å². The molecule has 1 aromatic carbocycles. The van der Waals surface area contributed by atoms with Gasteiger partial charge >= 0.3 is 0 Å². The largest absolute Gasteiger partial charge is 0.347 e. The second-order valence-corrected chi connectivity index (χ2v) is 7.60. The van der Waals surface area contributed by atoms with Crippen LogP contribution in [0.3, 0.4) is 0 Å². The summed E-state index contributed by atoms with van der Waals surface area (Å²) in [4.78, 5) is 35.8. The van der Waals surface area contributed by atoms with Crippen LogP contribution in [0.1, 0.15) is 29.1 Å². The number of hydrogen-bond donors (Lipinski definition) is 3. The number of rotatable bonds is 5. The van der Waals surface area contributed by atoms with Gasteiger partial charge in [-0.15, -0.1) is 11.3 Å². The molecule has 0 radical (unpaired) electrons. The molecule has 1 aromatic heterocycles. The number of nitrogens with one attached hydrogen (secondary N) is 3. The van der Waals surface area contributed by atoms with Crippen molar-refractivity contribution < 1.29 is 14.4 Å². The second kappa shape index (κ2) is 8.07. The lowest BCUT2D eigenvalue weighted by Gasteiger charge is -2.11. The summed E-state index contributed by atoms with van der Waals surface area (Å²) in [7, 11) is 0. The van der Waals surface area contributed by atoms with Gasteiger partial charge in [0.15, 0.2) is 0 Å². The van der Waals surface area contributed by atoms with Gasteiger partial charge in [0.25, 0.3) is 5.91 Å². The molecule has 126 valence electrons. The average Bonchev–Trinajstić information content (AvgIpc) is 2.88. The van der Waals surface area contributed by atoms with Crippen LogP contribution in [0.5, 0.6) is 0 Å². The van der Waals surface area contributed by atoms with Gasteiger partial charge in [-0.05, 0) is 46.3 Å². The van der Waals surface area contributed by atoms with Crippen molar-refractivity contribution in [1.29, 1.82) is 0 Å². The molecule has 0 aliphatic rings. The monoisotopic (exact) mass is 409 g/mol. The van der Waals surface area contributed by atoms with E-state index in [2.05, 4.69) is 31.9 Å². The fourth-order valence-electron chi connectivity index (χ4n) is 2.03. The summed E-state index contributed by atoms with van der Waals surface area (Å²) in [5, 5.41) is 8.05. The van der Waals surface area contributed by atoms with Crippen molar-refractivity contribution in [2.45, 2.75) is 20.4 Å². The second-order valence-electron chi connectivity index (χ2n) is 5.05. The molecule has 1 heterocycles. The quantitative estimate of drug-likeness (QED) is 0.707. The number of carbonyl (C=O) groups is 3. The molecule has 0 fully saturated rings. The fraction of sp³-hybridized carbons (Fsp3) is 0.188. The summed E-state index contributed by atoms with van der Waals surface area (Å²) in [6.45, 7) is 3.15. The number of hydrogen-bond acceptors (Lipinski definition) is 4. The molecule has 8 heteroatoms. The van der Waals surface area contributed by atoms with Crippen molar-refractivity contribution >= 4 is 56.4 Å². The Balaban J connectivity index is 2.17. The molecule has 3 amide bonds. The molecule has 0 spiro atoms. The maximum absolute atomic E-state index is 12.4. The Morgan fingerprint density at radius 3 is 2.04 bits per heavy atom. The van der Waals surface area contributed by atoms with Crippen molar-refractivity contribution in [3.05, 3.63) is 44.6 Å². The van der Waals surface area contributed by atoms with Crippen LogP contribution in [0, 0.1) is 0 Å². The van der Waals surface area contributed by atoms with Crippen molar-refractivity contribution in [2.75, 3.05) is 10.6 Å². The Labute approximate surface area is 151 Å². The molecule has 0 aliphatic carbocycles. The average molecular weight is 410 g/mol. The van der Waals surface area contributed by atoms with Gasteiger partial charge in [-0.25, -0.2) is 0 Å². The van der Waals surface area contributed by atoms with Crippen LogP contribution in [0.4, 0.5) is 11.4 Å². The normalized spacial score (nSPS) is 10.1. The molecule has 2 aromatic rings. The first-order valence-corrected chi connectivity index (χ1v) is 8.67. The van der Waals surface area contributed by atoms with Gasteiger partial charge in [0, 0.05) is 35.7 Å². The third-order valence-electron chi connectivity index (χ3n) is 2.89. The maximum atomic E-state index is 12.4. The zero-order valence-electron chi connectivity index (χ0n) is 13.1. The van der Waals surface area contributed by atoms with Crippen LogP contribution in [0.25, 0.3) is 0 Å². The number of anilines is 2. The van der Waals surface area contributed by atoms with Gasteiger partial charge in [-0.2, -0.15) is 0 Å². The van der Waals surface area contributed by atoms with Crippen LogP contribution < -0.4 is 16.0 Å². The van der Waals surface area contributed by atoms with E-state index in [0.29, 0.717) is 23.5 Å². The van der Waals surface area contributed by atoms with Crippen LogP contribution in [0.15, 0.2) is 34.1 Å². The minimum absolute atomic E-state index is 0.259. The van der Waals surface area contributed by atoms with E-state index in [1.807, 2.05) is 12.1 Å². The maximum Gasteiger partial charge on any atom is 0.251 e. The van der Waals surface area contributed by atoms with Crippen LogP contribution in [0.2, 0.25) is 0 Å². The summed E-state index contributed by atoms with van der Waals surface area (Å²) in [6, 6.07) is 8.55. The van der Waals surface area contributed by atoms with Crippen molar-refractivity contribution in [3.63, 3.8) is 0 Å². The number of thiophene rings is 1. The van der Waals surface area contributed by atoms with Gasteiger partial charge in [0.05, 0.1) is 10.3 Å². The van der Waals surface area contributed by atoms with Gasteiger partial charge in [-0.1, -0.05) is 0 Å². The Hall–Kier alpha value is -2.19. The summed E-state index contributed by atoms with van der Waals surface area (Å²) < 4.78 is 0.993. The Bertz CT molecular complexity index is 754. The van der Waals surface area contributed by atoms with E-state index in [0.717, 1.165) is 8.66 Å². The predicted octanol–water partition coefficient (Wildman–Crippen LogP) is 3.36. The molecule has 0 atom stereocenters. The molecule has 0 unspecified atom stereocenters. The fourth-order valence-corrected chi connectivity index (χ4v) is 3.45. The Kier molecular flexibility index (Phi) is 6.10. The summed E-state index contributed by atoms with van der Waals surface area (Å²) in [6.07, 6.45) is 0. The van der Waals surface area contributed by atoms with E-state index in [1.54, 1.807) is 18.2 Å². The summed E-state index contributed by atoms with van der Waals surface area (Å²) in [5.74, 6) is -0.812. The molecule has 3 N–H and O–H groups in total. The molecule has 0 saturated carbocycles. The molecule has 24 heavy (non-hydrogen) atoms. The van der Waals surface area contributed by atoms with E-state index in [1.165, 1.54) is 25.2 Å². The third-order valence-corrected chi connectivity index (χ3v) is 4.51. The highest BCUT2D eigenvalue weighted by Gasteiger charge is 2.11. The van der Waals surface area contributed by atoms with Crippen LogP contribution >= 0.6 is 27.3 Å². The smallest absolute Gasteiger partial charge is 0.251 e. The molecule has 0 bridgehead atoms. The number of benzene rings is 1. The predicted molar refractivity (Wildman–Crippen MR) is 98.2 cm³/mol. The third kappa shape index (κ3) is 5.47. The molecule has 0 saturated heterocycles. The highest BCUT2D eigenvalue weighted by Crippen LogP contribution is 2.22. The minimum Gasteiger partial charge on any atom is -0.347 e. The standard InChI is InChI=1S/C16H16BrN3O3S/c1-9(21)19-12-5-11(6-13(7-12)20-10(2)22)16(23)18-8-14-3-4-15(17)24-14/h3-7H,8H2,1-2H3,(H,18,23)(H,19,21)(H,20,22). The van der Waals surface area contributed by atoms with E-state index in [4.69, 9.17) is 0 Å². The van der Waals surface area contributed by atoms with E-state index < -0.39 is 0 Å². The van der Waals surface area contributed by atoms with Gasteiger partial charge in [0.2, 0.25) is 11.8 Å². The molecule has 0 aliphatic heterocycles. The van der Waals surface area contributed by atoms with Gasteiger partial charge in [0.1, 0.15) is 0 Å². The Morgan fingerprint density at radius 1 is 1.00 bits per heavy atom. The van der Waals surface area contributed by atoms with E-state index in [-0.39, 0.29) is 17.7 Å². The highest BCUT2D eigenvalue weighted by atomic mass is 79.9. The summed E-state index contributed by atoms with van der Waals surface area (Å²) in [5.41, 5.74) is 1.23. The minimum atomic E-state index is -0.293. The first-order chi connectivity index (χ1) is 11.3. The number of amides is 3. The molecule has 2 rings (SSSR count). The molecular formula is C16H16BrN3O3S. The van der Waals surface area contributed by atoms with Crippen LogP contribution in [-0.2, 0) is 16.1 Å². The highest BCUT2D eigenvalue weighted by molar-refractivity contribution is 9.11. The molecule has 6 nitrogen and oxygen atoms in total. The summed E-state index contributed by atoms with van der Waals surface area (Å²) >= 11 is 4.91. The first kappa shape index (κ1) is 18.2. The lowest BCUT2D eigenvalue weighted by molar-refractivity contribution is -0.115. The topological polar surface area (TPSA) is 87.3 Å². The zero-order chi connectivity index (χ0) is 17.7. The SMILES string of the molecule is CC(=O)Nc1cc(NC(C)=O)cc(C(=O)NCc2ccc(Br)s2)c1. The Morgan fingerprint density at radius 2 is 1.58 bits per heavy atom. The van der Waals surface area contributed by atoms with Gasteiger partial charge < -0.3 is 16.0 Å². The van der Waals surface area contributed by atoms with Crippen LogP contribution in [-0.4, -0.2) is 17.7 Å². The zero-order valence-corrected chi connectivity index (χ0v) is 15.5. The van der Waals surface area contributed by atoms with E-state index in [9.17, 15) is 14.4 Å². The van der Waals surface area contributed by atoms with Crippen molar-refractivity contribution in [3.8, 4) is 0 Å². The molecular weight excluding hydrogens is 394 g/mol. The van der Waals surface area contributed by atoms with E-state index >= 15 is 0 Å². The lowest BCUT2D eigenvalue weighted by atomic mass is 10.1. The van der Waals surface area contributed by atoms with Crippen molar-refractivity contribution in [2.24, 2.45) is 0 Å². The van der Waals surface area contributed by atoms with Crippen molar-refractivity contribution in [1.82, 2.24) is 5.32 Å². The lowest BCUT2D eigenvalue weighted by Crippen LogP contribution is -2.23.